The molecule has 10 nitrogen and oxygen atoms in total. The van der Waals surface area contributed by atoms with E-state index in [1.54, 1.807) is 26.2 Å². The number of rotatable bonds is 7. The average molecular weight is 304 g/mol. The minimum absolute atomic E-state index is 0.000505. The summed E-state index contributed by atoms with van der Waals surface area (Å²) < 4.78 is 5.01. The number of aliphatic imine (C=N–C) groups is 1. The summed E-state index contributed by atoms with van der Waals surface area (Å²) in [6, 6.07) is 0. The lowest BCUT2D eigenvalue weighted by atomic mass is 10.0. The Kier molecular flexibility index (Phi) is 7.11. The fourth-order valence-corrected chi connectivity index (χ4v) is 1.34. The van der Waals surface area contributed by atoms with Crippen molar-refractivity contribution in [3.8, 4) is 0 Å². The number of carboxylic acid groups (broad SMARTS) is 1. The van der Waals surface area contributed by atoms with E-state index < -0.39 is 28.5 Å². The van der Waals surface area contributed by atoms with Crippen molar-refractivity contribution in [1.29, 1.82) is 0 Å². The second-order valence-corrected chi connectivity index (χ2v) is 5.20. The van der Waals surface area contributed by atoms with Crippen molar-refractivity contribution in [1.82, 2.24) is 5.43 Å². The molecule has 0 spiro atoms. The van der Waals surface area contributed by atoms with Crippen LogP contribution in [0.3, 0.4) is 0 Å². The summed E-state index contributed by atoms with van der Waals surface area (Å²) in [7, 11) is 0. The lowest BCUT2D eigenvalue weighted by Gasteiger charge is -2.22. The molecule has 21 heavy (non-hydrogen) atoms. The third-order valence-electron chi connectivity index (χ3n) is 2.13. The van der Waals surface area contributed by atoms with Gasteiger partial charge >= 0.3 is 11.9 Å². The van der Waals surface area contributed by atoms with Crippen LogP contribution in [-0.4, -0.2) is 40.2 Å². The molecule has 1 atom stereocenters. The minimum Gasteiger partial charge on any atom is -0.481 e. The summed E-state index contributed by atoms with van der Waals surface area (Å²) in [5.74, 6) is -3.80. The minimum atomic E-state index is -1.30. The number of nitrogens with two attached hydrogens (primary N) is 1. The van der Waals surface area contributed by atoms with E-state index in [1.165, 1.54) is 0 Å². The quantitative estimate of drug-likeness (QED) is 0.112. The van der Waals surface area contributed by atoms with Gasteiger partial charge in [-0.05, 0) is 33.6 Å². The molecule has 0 aliphatic carbocycles. The molecule has 0 saturated carbocycles. The van der Waals surface area contributed by atoms with Crippen LogP contribution < -0.4 is 11.2 Å². The molecule has 0 bridgehead atoms. The van der Waals surface area contributed by atoms with E-state index in [2.05, 4.69) is 4.99 Å². The highest BCUT2D eigenvalue weighted by molar-refractivity contribution is 5.94. The lowest BCUT2D eigenvalue weighted by Crippen LogP contribution is -2.36. The highest BCUT2D eigenvalue weighted by atomic mass is 16.7. The van der Waals surface area contributed by atoms with Crippen molar-refractivity contribution in [3.05, 3.63) is 10.1 Å². The number of carbonyl (C=O) groups is 2. The van der Waals surface area contributed by atoms with Gasteiger partial charge in [-0.1, -0.05) is 5.43 Å². The van der Waals surface area contributed by atoms with Gasteiger partial charge in [-0.3, -0.25) is 9.59 Å². The molecule has 0 saturated heterocycles. The van der Waals surface area contributed by atoms with E-state index >= 15 is 0 Å². The number of hydrogen-bond donors (Lipinski definition) is 3. The van der Waals surface area contributed by atoms with Crippen LogP contribution in [0.15, 0.2) is 4.99 Å². The number of nitrogens with one attached hydrogen (secondary N) is 1. The van der Waals surface area contributed by atoms with Crippen molar-refractivity contribution in [3.63, 3.8) is 0 Å². The molecule has 0 aromatic heterocycles. The second-order valence-electron chi connectivity index (χ2n) is 5.20. The molecule has 120 valence electrons. The summed E-state index contributed by atoms with van der Waals surface area (Å²) in [5.41, 5.74) is 6.06. The molecule has 0 fully saturated rings. The zero-order valence-corrected chi connectivity index (χ0v) is 12.2. The molecule has 0 aliphatic heterocycles. The van der Waals surface area contributed by atoms with Crippen LogP contribution in [0.5, 0.6) is 0 Å². The molecule has 0 aromatic carbocycles. The number of ether oxygens (including phenoxy) is 1. The first-order chi connectivity index (χ1) is 9.53. The van der Waals surface area contributed by atoms with Crippen LogP contribution in [0, 0.1) is 16.0 Å². The van der Waals surface area contributed by atoms with E-state index in [9.17, 15) is 19.7 Å². The fourth-order valence-electron chi connectivity index (χ4n) is 1.34. The number of guanidine groups is 1. The predicted octanol–water partition coefficient (Wildman–Crippen LogP) is -0.0949. The molecule has 1 unspecified atom stereocenters. The largest absolute Gasteiger partial charge is 0.481 e. The molecule has 0 aliphatic rings. The highest BCUT2D eigenvalue weighted by Crippen LogP contribution is 2.15. The Morgan fingerprint density at radius 2 is 2.05 bits per heavy atom. The third-order valence-corrected chi connectivity index (χ3v) is 2.13. The van der Waals surface area contributed by atoms with Crippen LogP contribution in [0.1, 0.15) is 33.6 Å². The SMILES string of the molecule is CC(C)(C)OC(=O)C(CCCN=C(N)N[N+](=O)[O-])C(=O)O. The lowest BCUT2D eigenvalue weighted by molar-refractivity contribution is -0.525. The van der Waals surface area contributed by atoms with E-state index in [1.807, 2.05) is 0 Å². The van der Waals surface area contributed by atoms with Crippen molar-refractivity contribution in [2.45, 2.75) is 39.2 Å². The topological polar surface area (TPSA) is 157 Å². The Morgan fingerprint density at radius 3 is 2.48 bits per heavy atom. The van der Waals surface area contributed by atoms with Crippen molar-refractivity contribution < 1.29 is 24.5 Å². The molecule has 0 heterocycles. The van der Waals surface area contributed by atoms with Crippen molar-refractivity contribution in [2.75, 3.05) is 6.54 Å². The van der Waals surface area contributed by atoms with E-state index in [0.29, 0.717) is 0 Å². The Hall–Kier alpha value is -2.39. The number of aliphatic carboxylic acids is 1. The second kappa shape index (κ2) is 8.02. The summed E-state index contributed by atoms with van der Waals surface area (Å²) >= 11 is 0. The van der Waals surface area contributed by atoms with Gasteiger partial charge in [0, 0.05) is 6.54 Å². The van der Waals surface area contributed by atoms with Crippen molar-refractivity contribution in [2.24, 2.45) is 16.6 Å². The normalized spacial score (nSPS) is 13.4. The summed E-state index contributed by atoms with van der Waals surface area (Å²) in [6.45, 7) is 4.97. The molecular weight excluding hydrogens is 284 g/mol. The Bertz CT molecular complexity index is 429. The molecule has 0 aromatic rings. The van der Waals surface area contributed by atoms with Crippen LogP contribution in [-0.2, 0) is 14.3 Å². The fraction of sp³-hybridized carbons (Fsp3) is 0.727. The Balaban J connectivity index is 4.39. The molecule has 4 N–H and O–H groups in total. The number of hydrazine groups is 1. The number of nitrogens with zero attached hydrogens (tertiary/aromatic N) is 2. The van der Waals surface area contributed by atoms with Crippen LogP contribution in [0.4, 0.5) is 0 Å². The molecule has 0 amide bonds. The summed E-state index contributed by atoms with van der Waals surface area (Å²) in [6.07, 6.45) is 0.218. The molecule has 10 heteroatoms. The zero-order chi connectivity index (χ0) is 16.6. The van der Waals surface area contributed by atoms with Crippen molar-refractivity contribution >= 4 is 17.9 Å². The van der Waals surface area contributed by atoms with E-state index in [0.717, 1.165) is 0 Å². The predicted molar refractivity (Wildman–Crippen MR) is 72.8 cm³/mol. The number of nitro groups is 1. The van der Waals surface area contributed by atoms with Gasteiger partial charge in [0.25, 0.3) is 5.96 Å². The Morgan fingerprint density at radius 1 is 1.48 bits per heavy atom. The first kappa shape index (κ1) is 18.6. The van der Waals surface area contributed by atoms with Gasteiger partial charge in [-0.2, -0.15) is 0 Å². The van der Waals surface area contributed by atoms with Crippen LogP contribution >= 0.6 is 0 Å². The molecular formula is C11H20N4O6. The number of carbonyl (C=O) groups excluding carboxylic acids is 1. The maximum absolute atomic E-state index is 11.7. The first-order valence-corrected chi connectivity index (χ1v) is 6.19. The number of carboxylic acids is 1. The average Bonchev–Trinajstić information content (AvgIpc) is 2.24. The maximum Gasteiger partial charge on any atom is 0.320 e. The van der Waals surface area contributed by atoms with Crippen LogP contribution in [0.25, 0.3) is 0 Å². The number of esters is 1. The standard InChI is InChI=1S/C11H20N4O6/c1-11(2,3)21-9(18)7(8(16)17)5-4-6-13-10(12)14-15(19)20/h7H,4-6H2,1-3H3,(H,16,17)(H3,12,13,14). The van der Waals surface area contributed by atoms with Gasteiger partial charge < -0.3 is 15.6 Å². The van der Waals surface area contributed by atoms with Crippen LogP contribution in [0.2, 0.25) is 0 Å². The van der Waals surface area contributed by atoms with Gasteiger partial charge in [0.2, 0.25) is 0 Å². The molecule has 0 radical (unpaired) electrons. The van der Waals surface area contributed by atoms with Gasteiger partial charge in [-0.25, -0.2) is 15.1 Å². The van der Waals surface area contributed by atoms with Gasteiger partial charge in [0.1, 0.15) is 5.60 Å². The highest BCUT2D eigenvalue weighted by Gasteiger charge is 2.30. The zero-order valence-electron chi connectivity index (χ0n) is 12.2. The summed E-state index contributed by atoms with van der Waals surface area (Å²) in [4.78, 5) is 36.4. The summed E-state index contributed by atoms with van der Waals surface area (Å²) in [5, 5.41) is 18.2. The number of hydrogen-bond acceptors (Lipinski definition) is 6. The van der Waals surface area contributed by atoms with Gasteiger partial charge in [-0.15, -0.1) is 0 Å². The van der Waals surface area contributed by atoms with E-state index in [-0.39, 0.29) is 25.3 Å². The Labute approximate surface area is 121 Å². The van der Waals surface area contributed by atoms with Gasteiger partial charge in [0.15, 0.2) is 11.0 Å². The smallest absolute Gasteiger partial charge is 0.320 e. The molecule has 0 rings (SSSR count). The first-order valence-electron chi connectivity index (χ1n) is 6.19. The van der Waals surface area contributed by atoms with Gasteiger partial charge in [0.05, 0.1) is 0 Å². The third kappa shape index (κ3) is 9.19. The monoisotopic (exact) mass is 304 g/mol. The van der Waals surface area contributed by atoms with E-state index in [4.69, 9.17) is 15.6 Å². The maximum atomic E-state index is 11.7.